The first-order valence-electron chi connectivity index (χ1n) is 5.63. The van der Waals surface area contributed by atoms with Crippen molar-refractivity contribution in [3.05, 3.63) is 16.1 Å². The first-order valence-corrected chi connectivity index (χ1v) is 6.51. The van der Waals surface area contributed by atoms with Gasteiger partial charge in [0.1, 0.15) is 11.1 Å². The normalized spacial score (nSPS) is 24.6. The highest BCUT2D eigenvalue weighted by Gasteiger charge is 2.22. The van der Waals surface area contributed by atoms with E-state index >= 15 is 0 Å². The van der Waals surface area contributed by atoms with E-state index in [4.69, 9.17) is 4.74 Å². The summed E-state index contributed by atoms with van der Waals surface area (Å²) < 4.78 is 5.75. The van der Waals surface area contributed by atoms with E-state index in [0.717, 1.165) is 30.4 Å². The summed E-state index contributed by atoms with van der Waals surface area (Å²) in [6.45, 7) is 4.88. The van der Waals surface area contributed by atoms with Crippen LogP contribution in [0.1, 0.15) is 29.8 Å². The van der Waals surface area contributed by atoms with Crippen LogP contribution in [0, 0.1) is 0 Å². The van der Waals surface area contributed by atoms with Gasteiger partial charge in [-0.25, -0.2) is 4.98 Å². The zero-order valence-corrected chi connectivity index (χ0v) is 10.9. The van der Waals surface area contributed by atoms with Crippen molar-refractivity contribution >= 4 is 11.3 Å². The highest BCUT2D eigenvalue weighted by molar-refractivity contribution is 7.09. The van der Waals surface area contributed by atoms with Gasteiger partial charge >= 0.3 is 0 Å². The predicted molar refractivity (Wildman–Crippen MR) is 65.8 cm³/mol. The van der Waals surface area contributed by atoms with Crippen LogP contribution in [0.3, 0.4) is 0 Å². The van der Waals surface area contributed by atoms with Crippen LogP contribution in [-0.2, 0) is 4.74 Å². The molecule has 2 heterocycles. The molecule has 0 radical (unpaired) electrons. The molecule has 1 N–H and O–H groups in total. The van der Waals surface area contributed by atoms with Crippen molar-refractivity contribution in [3.8, 4) is 0 Å². The summed E-state index contributed by atoms with van der Waals surface area (Å²) in [5, 5.41) is 6.42. The first kappa shape index (κ1) is 12.0. The van der Waals surface area contributed by atoms with Gasteiger partial charge in [0, 0.05) is 24.5 Å². The van der Waals surface area contributed by atoms with Gasteiger partial charge in [0.05, 0.1) is 12.3 Å². The summed E-state index contributed by atoms with van der Waals surface area (Å²) in [7, 11) is 4.08. The Morgan fingerprint density at radius 2 is 2.50 bits per heavy atom. The van der Waals surface area contributed by atoms with Gasteiger partial charge in [-0.3, -0.25) is 0 Å². The van der Waals surface area contributed by atoms with E-state index in [1.807, 2.05) is 7.05 Å². The maximum absolute atomic E-state index is 5.75. The smallest absolute Gasteiger partial charge is 0.123 e. The van der Waals surface area contributed by atoms with Crippen molar-refractivity contribution in [2.75, 3.05) is 33.8 Å². The quantitative estimate of drug-likeness (QED) is 0.868. The van der Waals surface area contributed by atoms with Crippen LogP contribution in [0.2, 0.25) is 0 Å². The van der Waals surface area contributed by atoms with Crippen LogP contribution in [0.4, 0.5) is 0 Å². The van der Waals surface area contributed by atoms with E-state index in [9.17, 15) is 0 Å². The van der Waals surface area contributed by atoms with E-state index in [-0.39, 0.29) is 6.10 Å². The second kappa shape index (κ2) is 5.23. The fourth-order valence-corrected chi connectivity index (χ4v) is 2.67. The second-order valence-corrected chi connectivity index (χ2v) is 5.13. The summed E-state index contributed by atoms with van der Waals surface area (Å²) in [6.07, 6.45) is 0.154. The lowest BCUT2D eigenvalue weighted by Gasteiger charge is -2.28. The SMILES string of the molecule is CNC(C)c1csc(C2CN(C)CCO2)n1. The lowest BCUT2D eigenvalue weighted by Crippen LogP contribution is -2.35. The molecule has 0 bridgehead atoms. The molecule has 4 nitrogen and oxygen atoms in total. The van der Waals surface area contributed by atoms with Gasteiger partial charge in [-0.05, 0) is 21.0 Å². The third-order valence-corrected chi connectivity index (χ3v) is 3.92. The molecule has 1 fully saturated rings. The Bertz CT molecular complexity index is 342. The van der Waals surface area contributed by atoms with E-state index in [1.165, 1.54) is 0 Å². The topological polar surface area (TPSA) is 37.4 Å². The molecule has 0 amide bonds. The maximum atomic E-state index is 5.75. The average molecular weight is 241 g/mol. The largest absolute Gasteiger partial charge is 0.368 e. The highest BCUT2D eigenvalue weighted by Crippen LogP contribution is 2.26. The summed E-state index contributed by atoms with van der Waals surface area (Å²) in [4.78, 5) is 6.93. The number of aromatic nitrogens is 1. The monoisotopic (exact) mass is 241 g/mol. The highest BCUT2D eigenvalue weighted by atomic mass is 32.1. The minimum atomic E-state index is 0.154. The van der Waals surface area contributed by atoms with Crippen LogP contribution >= 0.6 is 11.3 Å². The Morgan fingerprint density at radius 3 is 3.19 bits per heavy atom. The summed E-state index contributed by atoms with van der Waals surface area (Å²) in [6, 6.07) is 0.311. The lowest BCUT2D eigenvalue weighted by molar-refractivity contribution is -0.0210. The molecule has 0 aliphatic carbocycles. The van der Waals surface area contributed by atoms with Crippen molar-refractivity contribution in [2.45, 2.75) is 19.1 Å². The number of nitrogens with one attached hydrogen (secondary N) is 1. The van der Waals surface area contributed by atoms with Gasteiger partial charge in [-0.1, -0.05) is 0 Å². The molecule has 16 heavy (non-hydrogen) atoms. The summed E-state index contributed by atoms with van der Waals surface area (Å²) in [5.41, 5.74) is 1.11. The van der Waals surface area contributed by atoms with Gasteiger partial charge in [0.2, 0.25) is 0 Å². The van der Waals surface area contributed by atoms with Crippen molar-refractivity contribution in [3.63, 3.8) is 0 Å². The van der Waals surface area contributed by atoms with Crippen molar-refractivity contribution in [1.82, 2.24) is 15.2 Å². The van der Waals surface area contributed by atoms with Gasteiger partial charge in [-0.2, -0.15) is 0 Å². The third kappa shape index (κ3) is 2.60. The number of morpholine rings is 1. The van der Waals surface area contributed by atoms with Gasteiger partial charge in [0.25, 0.3) is 0 Å². The first-order chi connectivity index (χ1) is 7.70. The van der Waals surface area contributed by atoms with Crippen molar-refractivity contribution < 1.29 is 4.74 Å². The van der Waals surface area contributed by atoms with Crippen LogP contribution in [0.25, 0.3) is 0 Å². The molecule has 0 saturated carbocycles. The fourth-order valence-electron chi connectivity index (χ4n) is 1.72. The Morgan fingerprint density at radius 1 is 1.69 bits per heavy atom. The molecule has 5 heteroatoms. The molecule has 1 saturated heterocycles. The maximum Gasteiger partial charge on any atom is 0.123 e. The Labute approximate surface area is 101 Å². The summed E-state index contributed by atoms with van der Waals surface area (Å²) >= 11 is 1.70. The van der Waals surface area contributed by atoms with Gasteiger partial charge in [0.15, 0.2) is 0 Å². The standard InChI is InChI=1S/C11H19N3OS/c1-8(12-2)9-7-16-11(13-9)10-6-14(3)4-5-15-10/h7-8,10,12H,4-6H2,1-3H3. The lowest BCUT2D eigenvalue weighted by atomic mass is 10.2. The van der Waals surface area contributed by atoms with E-state index < -0.39 is 0 Å². The number of hydrogen-bond acceptors (Lipinski definition) is 5. The Hall–Kier alpha value is -0.490. The van der Waals surface area contributed by atoms with E-state index in [2.05, 4.69) is 34.6 Å². The predicted octanol–water partition coefficient (Wildman–Crippen LogP) is 1.43. The molecule has 2 rings (SSSR count). The Kier molecular flexibility index (Phi) is 3.91. The van der Waals surface area contributed by atoms with Gasteiger partial charge < -0.3 is 15.0 Å². The van der Waals surface area contributed by atoms with Crippen LogP contribution < -0.4 is 5.32 Å². The van der Waals surface area contributed by atoms with Crippen LogP contribution in [0.15, 0.2) is 5.38 Å². The second-order valence-electron chi connectivity index (χ2n) is 4.24. The van der Waals surface area contributed by atoms with E-state index in [0.29, 0.717) is 6.04 Å². The molecule has 0 aromatic carbocycles. The van der Waals surface area contributed by atoms with Crippen LogP contribution in [0.5, 0.6) is 0 Å². The zero-order chi connectivity index (χ0) is 11.5. The number of ether oxygens (including phenoxy) is 1. The number of nitrogens with zero attached hydrogens (tertiary/aromatic N) is 2. The van der Waals surface area contributed by atoms with E-state index in [1.54, 1.807) is 11.3 Å². The van der Waals surface area contributed by atoms with Crippen molar-refractivity contribution in [2.24, 2.45) is 0 Å². The molecule has 0 spiro atoms. The average Bonchev–Trinajstić information content (AvgIpc) is 2.77. The molecule has 1 aliphatic rings. The minimum absolute atomic E-state index is 0.154. The number of thiazole rings is 1. The molecule has 2 atom stereocenters. The molecular weight excluding hydrogens is 222 g/mol. The molecule has 1 aromatic heterocycles. The van der Waals surface area contributed by atoms with Crippen LogP contribution in [-0.4, -0.2) is 43.7 Å². The summed E-state index contributed by atoms with van der Waals surface area (Å²) in [5.74, 6) is 0. The zero-order valence-electron chi connectivity index (χ0n) is 10.1. The number of rotatable bonds is 3. The molecular formula is C11H19N3OS. The number of likely N-dealkylation sites (N-methyl/N-ethyl adjacent to an activating group) is 1. The fraction of sp³-hybridized carbons (Fsp3) is 0.727. The molecule has 1 aromatic rings. The van der Waals surface area contributed by atoms with Crippen molar-refractivity contribution in [1.29, 1.82) is 0 Å². The molecule has 2 unspecified atom stereocenters. The molecule has 1 aliphatic heterocycles. The van der Waals surface area contributed by atoms with Gasteiger partial charge in [-0.15, -0.1) is 11.3 Å². The minimum Gasteiger partial charge on any atom is -0.368 e. The third-order valence-electron chi connectivity index (χ3n) is 2.96. The number of hydrogen-bond donors (Lipinski definition) is 1. The molecule has 90 valence electrons. The Balaban J connectivity index is 2.06.